The van der Waals surface area contributed by atoms with Crippen molar-refractivity contribution in [3.8, 4) is 0 Å². The molecule has 0 aliphatic carbocycles. The molecule has 0 saturated carbocycles. The van der Waals surface area contributed by atoms with Crippen LogP contribution in [-0.4, -0.2) is 77.7 Å². The molecule has 2 atom stereocenters. The predicted octanol–water partition coefficient (Wildman–Crippen LogP) is 1.58. The van der Waals surface area contributed by atoms with Gasteiger partial charge in [0, 0.05) is 45.2 Å². The summed E-state index contributed by atoms with van der Waals surface area (Å²) in [5.41, 5.74) is 0.869. The minimum absolute atomic E-state index is 0. The van der Waals surface area contributed by atoms with E-state index in [-0.39, 0.29) is 36.2 Å². The Morgan fingerprint density at radius 1 is 1.00 bits per heavy atom. The van der Waals surface area contributed by atoms with Crippen molar-refractivity contribution in [1.29, 1.82) is 0 Å². The third-order valence-electron chi connectivity index (χ3n) is 6.30. The zero-order chi connectivity index (χ0) is 20.2. The van der Waals surface area contributed by atoms with Gasteiger partial charge in [-0.15, -0.1) is 12.4 Å². The summed E-state index contributed by atoms with van der Waals surface area (Å²) in [7, 11) is 0. The van der Waals surface area contributed by atoms with E-state index in [2.05, 4.69) is 5.32 Å². The van der Waals surface area contributed by atoms with Crippen LogP contribution in [0.5, 0.6) is 0 Å². The van der Waals surface area contributed by atoms with E-state index < -0.39 is 6.04 Å². The van der Waals surface area contributed by atoms with Gasteiger partial charge in [0.2, 0.25) is 17.7 Å². The minimum atomic E-state index is -0.568. The molecule has 3 amide bonds. The van der Waals surface area contributed by atoms with Crippen LogP contribution in [0.15, 0.2) is 30.3 Å². The Morgan fingerprint density at radius 2 is 1.80 bits per heavy atom. The Hall–Kier alpha value is -2.12. The van der Waals surface area contributed by atoms with Crippen LogP contribution in [0, 0.1) is 0 Å². The molecule has 3 heterocycles. The van der Waals surface area contributed by atoms with E-state index in [4.69, 9.17) is 0 Å². The number of nitrogens with one attached hydrogen (secondary N) is 1. The lowest BCUT2D eigenvalue weighted by Gasteiger charge is -2.43. The van der Waals surface area contributed by atoms with Gasteiger partial charge in [-0.05, 0) is 31.2 Å². The van der Waals surface area contributed by atoms with E-state index in [0.717, 1.165) is 37.8 Å². The van der Waals surface area contributed by atoms with Crippen LogP contribution in [0.3, 0.4) is 0 Å². The number of carbonyl (C=O) groups excluding carboxylic acids is 3. The summed E-state index contributed by atoms with van der Waals surface area (Å²) in [4.78, 5) is 44.2. The highest BCUT2D eigenvalue weighted by Crippen LogP contribution is 2.29. The first-order valence-electron chi connectivity index (χ1n) is 10.8. The molecule has 3 fully saturated rings. The third kappa shape index (κ3) is 4.78. The Kier molecular flexibility index (Phi) is 7.72. The number of piperidine rings is 2. The van der Waals surface area contributed by atoms with Crippen LogP contribution in [0.4, 0.5) is 0 Å². The summed E-state index contributed by atoms with van der Waals surface area (Å²) in [5.74, 6) is 0.157. The second-order valence-electron chi connectivity index (χ2n) is 8.20. The van der Waals surface area contributed by atoms with Crippen molar-refractivity contribution in [2.75, 3.05) is 39.3 Å². The molecule has 2 unspecified atom stereocenters. The highest BCUT2D eigenvalue weighted by atomic mass is 35.5. The molecule has 4 rings (SSSR count). The zero-order valence-corrected chi connectivity index (χ0v) is 18.1. The van der Waals surface area contributed by atoms with Crippen molar-refractivity contribution < 1.29 is 14.4 Å². The fourth-order valence-corrected chi connectivity index (χ4v) is 4.78. The fraction of sp³-hybridized carbons (Fsp3) is 0.591. The second kappa shape index (κ2) is 10.3. The molecular weight excluding hydrogens is 404 g/mol. The lowest BCUT2D eigenvalue weighted by atomic mass is 9.97. The Balaban J connectivity index is 0.00000256. The molecule has 164 valence electrons. The van der Waals surface area contributed by atoms with E-state index in [1.807, 2.05) is 40.1 Å². The summed E-state index contributed by atoms with van der Waals surface area (Å²) in [6.45, 7) is 3.72. The summed E-state index contributed by atoms with van der Waals surface area (Å²) in [6, 6.07) is 9.13. The van der Waals surface area contributed by atoms with Gasteiger partial charge in [-0.3, -0.25) is 14.4 Å². The van der Waals surface area contributed by atoms with Gasteiger partial charge in [-0.1, -0.05) is 30.3 Å². The summed E-state index contributed by atoms with van der Waals surface area (Å²) in [5, 5.41) is 3.11. The van der Waals surface area contributed by atoms with Crippen molar-refractivity contribution in [1.82, 2.24) is 20.0 Å². The van der Waals surface area contributed by atoms with Crippen molar-refractivity contribution in [3.05, 3.63) is 35.9 Å². The van der Waals surface area contributed by atoms with Crippen LogP contribution >= 0.6 is 12.4 Å². The van der Waals surface area contributed by atoms with E-state index in [1.165, 1.54) is 0 Å². The van der Waals surface area contributed by atoms with Gasteiger partial charge in [0.15, 0.2) is 0 Å². The highest BCUT2D eigenvalue weighted by molar-refractivity contribution is 5.89. The number of piperazine rings is 1. The molecule has 1 N–H and O–H groups in total. The summed E-state index contributed by atoms with van der Waals surface area (Å²) < 4.78 is 0. The van der Waals surface area contributed by atoms with E-state index in [0.29, 0.717) is 39.1 Å². The first-order chi connectivity index (χ1) is 14.1. The number of hydrogen-bond acceptors (Lipinski definition) is 4. The lowest BCUT2D eigenvalue weighted by molar-refractivity contribution is -0.150. The molecule has 0 aromatic heterocycles. The molecule has 0 radical (unpaired) electrons. The third-order valence-corrected chi connectivity index (χ3v) is 6.30. The molecular formula is C22H31ClN4O3. The molecule has 3 aliphatic rings. The maximum Gasteiger partial charge on any atom is 0.250 e. The van der Waals surface area contributed by atoms with Crippen LogP contribution in [0.1, 0.15) is 43.7 Å². The van der Waals surface area contributed by atoms with Crippen LogP contribution in [-0.2, 0) is 14.4 Å². The van der Waals surface area contributed by atoms with Crippen LogP contribution < -0.4 is 5.32 Å². The average molecular weight is 435 g/mol. The lowest BCUT2D eigenvalue weighted by Crippen LogP contribution is -2.58. The number of rotatable bonds is 4. The topological polar surface area (TPSA) is 73.0 Å². The van der Waals surface area contributed by atoms with Crippen LogP contribution in [0.25, 0.3) is 0 Å². The highest BCUT2D eigenvalue weighted by Gasteiger charge is 2.38. The van der Waals surface area contributed by atoms with Crippen molar-refractivity contribution in [2.45, 2.75) is 44.2 Å². The smallest absolute Gasteiger partial charge is 0.250 e. The van der Waals surface area contributed by atoms with Gasteiger partial charge in [0.25, 0.3) is 0 Å². The number of benzene rings is 1. The SMILES string of the molecule is Cl.O=C(C(c1ccccc1)N1CCCCC1=O)N1CCCC(N2CCNCC2=O)C1. The number of nitrogens with zero attached hydrogens (tertiary/aromatic N) is 3. The molecule has 0 spiro atoms. The number of hydrogen-bond donors (Lipinski definition) is 1. The summed E-state index contributed by atoms with van der Waals surface area (Å²) in [6.07, 6.45) is 4.13. The Bertz CT molecular complexity index is 760. The van der Waals surface area contributed by atoms with Gasteiger partial charge in [0.1, 0.15) is 6.04 Å². The van der Waals surface area contributed by atoms with Crippen LogP contribution in [0.2, 0.25) is 0 Å². The molecule has 8 heteroatoms. The first-order valence-corrected chi connectivity index (χ1v) is 10.8. The zero-order valence-electron chi connectivity index (χ0n) is 17.3. The normalized spacial score (nSPS) is 23.7. The molecule has 3 aliphatic heterocycles. The monoisotopic (exact) mass is 434 g/mol. The van der Waals surface area contributed by atoms with Crippen molar-refractivity contribution in [3.63, 3.8) is 0 Å². The van der Waals surface area contributed by atoms with E-state index in [1.54, 1.807) is 4.90 Å². The number of likely N-dealkylation sites (tertiary alicyclic amines) is 2. The van der Waals surface area contributed by atoms with E-state index >= 15 is 0 Å². The molecule has 1 aromatic rings. The number of carbonyl (C=O) groups is 3. The van der Waals surface area contributed by atoms with Crippen molar-refractivity contribution >= 4 is 30.1 Å². The first kappa shape index (κ1) is 22.6. The molecule has 30 heavy (non-hydrogen) atoms. The second-order valence-corrected chi connectivity index (χ2v) is 8.20. The fourth-order valence-electron chi connectivity index (χ4n) is 4.78. The molecule has 7 nitrogen and oxygen atoms in total. The Morgan fingerprint density at radius 3 is 2.53 bits per heavy atom. The van der Waals surface area contributed by atoms with Gasteiger partial charge >= 0.3 is 0 Å². The van der Waals surface area contributed by atoms with Gasteiger partial charge < -0.3 is 20.0 Å². The van der Waals surface area contributed by atoms with E-state index in [9.17, 15) is 14.4 Å². The average Bonchev–Trinajstić information content (AvgIpc) is 2.76. The van der Waals surface area contributed by atoms with Gasteiger partial charge in [-0.25, -0.2) is 0 Å². The maximum atomic E-state index is 13.7. The Labute approximate surface area is 184 Å². The van der Waals surface area contributed by atoms with Crippen molar-refractivity contribution in [2.24, 2.45) is 0 Å². The number of halogens is 1. The van der Waals surface area contributed by atoms with Gasteiger partial charge in [0.05, 0.1) is 6.54 Å². The van der Waals surface area contributed by atoms with Gasteiger partial charge in [-0.2, -0.15) is 0 Å². The molecule has 1 aromatic carbocycles. The standard InChI is InChI=1S/C22H30N4O3.ClH/c27-19-10-4-5-13-26(19)21(17-7-2-1-3-8-17)22(29)24-12-6-9-18(16-24)25-14-11-23-15-20(25)28;/h1-3,7-8,18,21,23H,4-6,9-16H2;1H. The number of amides is 3. The predicted molar refractivity (Wildman–Crippen MR) is 116 cm³/mol. The molecule has 0 bridgehead atoms. The largest absolute Gasteiger partial charge is 0.339 e. The quantitative estimate of drug-likeness (QED) is 0.781. The summed E-state index contributed by atoms with van der Waals surface area (Å²) >= 11 is 0. The maximum absolute atomic E-state index is 13.7. The minimum Gasteiger partial charge on any atom is -0.339 e. The molecule has 3 saturated heterocycles.